The fraction of sp³-hybridized carbons (Fsp3) is 0.692. The van der Waals surface area contributed by atoms with Gasteiger partial charge in [0, 0.05) is 31.7 Å². The van der Waals surface area contributed by atoms with Gasteiger partial charge in [0.05, 0.1) is 0 Å². The Kier molecular flexibility index (Phi) is 6.94. The Balaban J connectivity index is 2.59. The van der Waals surface area contributed by atoms with Crippen LogP contribution in [-0.4, -0.2) is 53.8 Å². The Morgan fingerprint density at radius 3 is 2.42 bits per heavy atom. The monoisotopic (exact) mass is 283 g/mol. The summed E-state index contributed by atoms with van der Waals surface area (Å²) in [6, 6.07) is 2.52. The van der Waals surface area contributed by atoms with Crippen molar-refractivity contribution in [2.45, 2.75) is 32.0 Å². The number of aromatic nitrogens is 2. The molecule has 0 aliphatic carbocycles. The van der Waals surface area contributed by atoms with Crippen LogP contribution in [0, 0.1) is 0 Å². The van der Waals surface area contributed by atoms with Crippen molar-refractivity contribution in [3.8, 4) is 0 Å². The highest BCUT2D eigenvalue weighted by molar-refractivity contribution is 7.98. The first-order valence-electron chi connectivity index (χ1n) is 6.67. The zero-order valence-corrected chi connectivity index (χ0v) is 13.3. The van der Waals surface area contributed by atoms with E-state index in [4.69, 9.17) is 0 Å². The summed E-state index contributed by atoms with van der Waals surface area (Å²) >= 11 is 1.56. The average Bonchev–Trinajstić information content (AvgIpc) is 2.38. The summed E-state index contributed by atoms with van der Waals surface area (Å²) in [4.78, 5) is 11.2. The molecule has 5 nitrogen and oxygen atoms in total. The predicted octanol–water partition coefficient (Wildman–Crippen LogP) is 2.38. The Bertz CT molecular complexity index is 383. The number of nitrogens with one attached hydrogen (secondary N) is 2. The van der Waals surface area contributed by atoms with Gasteiger partial charge in [0.15, 0.2) is 5.16 Å². The molecule has 0 unspecified atom stereocenters. The molecular formula is C13H25N5S. The molecule has 0 aliphatic rings. The van der Waals surface area contributed by atoms with Crippen LogP contribution in [0.1, 0.15) is 20.8 Å². The molecule has 0 saturated heterocycles. The third-order valence-corrected chi connectivity index (χ3v) is 3.45. The van der Waals surface area contributed by atoms with Crippen LogP contribution in [0.2, 0.25) is 0 Å². The summed E-state index contributed by atoms with van der Waals surface area (Å²) in [6.07, 6.45) is 1.99. The lowest BCUT2D eigenvalue weighted by Gasteiger charge is -2.21. The van der Waals surface area contributed by atoms with Gasteiger partial charge in [0.25, 0.3) is 0 Å². The molecule has 0 aromatic carbocycles. The molecule has 1 aromatic heterocycles. The molecule has 0 radical (unpaired) electrons. The Morgan fingerprint density at radius 1 is 1.26 bits per heavy atom. The second-order valence-electron chi connectivity index (χ2n) is 4.66. The Morgan fingerprint density at radius 2 is 1.89 bits per heavy atom. The van der Waals surface area contributed by atoms with Gasteiger partial charge < -0.3 is 15.5 Å². The maximum absolute atomic E-state index is 4.46. The van der Waals surface area contributed by atoms with E-state index in [9.17, 15) is 0 Å². The summed E-state index contributed by atoms with van der Waals surface area (Å²) in [5, 5.41) is 7.37. The molecule has 19 heavy (non-hydrogen) atoms. The summed E-state index contributed by atoms with van der Waals surface area (Å²) < 4.78 is 0. The normalized spacial score (nSPS) is 11.1. The lowest BCUT2D eigenvalue weighted by atomic mass is 10.3. The van der Waals surface area contributed by atoms with Crippen LogP contribution in [0.15, 0.2) is 11.2 Å². The molecule has 0 fully saturated rings. The van der Waals surface area contributed by atoms with E-state index in [-0.39, 0.29) is 0 Å². The third kappa shape index (κ3) is 5.65. The van der Waals surface area contributed by atoms with Gasteiger partial charge in [-0.25, -0.2) is 9.97 Å². The predicted molar refractivity (Wildman–Crippen MR) is 84.2 cm³/mol. The highest BCUT2D eigenvalue weighted by Gasteiger charge is 2.05. The van der Waals surface area contributed by atoms with Gasteiger partial charge in [-0.15, -0.1) is 0 Å². The van der Waals surface area contributed by atoms with Crippen LogP contribution in [0.3, 0.4) is 0 Å². The second-order valence-corrected chi connectivity index (χ2v) is 5.43. The Hall–Kier alpha value is -1.01. The van der Waals surface area contributed by atoms with E-state index in [2.05, 4.69) is 53.3 Å². The number of hydrogen-bond acceptors (Lipinski definition) is 6. The fourth-order valence-corrected chi connectivity index (χ4v) is 1.88. The van der Waals surface area contributed by atoms with Crippen LogP contribution < -0.4 is 10.6 Å². The quantitative estimate of drug-likeness (QED) is 0.564. The van der Waals surface area contributed by atoms with E-state index in [1.54, 1.807) is 11.8 Å². The van der Waals surface area contributed by atoms with Crippen molar-refractivity contribution in [1.29, 1.82) is 0 Å². The zero-order valence-electron chi connectivity index (χ0n) is 12.5. The highest BCUT2D eigenvalue weighted by Crippen LogP contribution is 2.16. The topological polar surface area (TPSA) is 53.1 Å². The number of hydrogen-bond donors (Lipinski definition) is 2. The maximum atomic E-state index is 4.46. The number of rotatable bonds is 8. The molecule has 0 atom stereocenters. The molecule has 1 aromatic rings. The standard InChI is InChI=1S/C13H25N5S/c1-6-14-11-9-12(17-13(16-11)19-5)15-7-8-18(4)10(2)3/h9-10H,6-8H2,1-5H3,(H2,14,15,16,17). The van der Waals surface area contributed by atoms with E-state index < -0.39 is 0 Å². The summed E-state index contributed by atoms with van der Waals surface area (Å²) in [5.74, 6) is 1.76. The Labute approximate surface area is 120 Å². The molecule has 0 amide bonds. The highest BCUT2D eigenvalue weighted by atomic mass is 32.2. The average molecular weight is 283 g/mol. The molecule has 108 valence electrons. The number of nitrogens with zero attached hydrogens (tertiary/aromatic N) is 3. The maximum Gasteiger partial charge on any atom is 0.191 e. The van der Waals surface area contributed by atoms with Crippen molar-refractivity contribution < 1.29 is 0 Å². The minimum Gasteiger partial charge on any atom is -0.370 e. The van der Waals surface area contributed by atoms with Crippen LogP contribution in [0.25, 0.3) is 0 Å². The van der Waals surface area contributed by atoms with Gasteiger partial charge in [-0.2, -0.15) is 0 Å². The smallest absolute Gasteiger partial charge is 0.191 e. The van der Waals surface area contributed by atoms with Crippen LogP contribution >= 0.6 is 11.8 Å². The van der Waals surface area contributed by atoms with E-state index in [0.29, 0.717) is 6.04 Å². The van der Waals surface area contributed by atoms with Gasteiger partial charge in [0.1, 0.15) is 11.6 Å². The fourth-order valence-electron chi connectivity index (χ4n) is 1.50. The second kappa shape index (κ2) is 8.22. The lowest BCUT2D eigenvalue weighted by Crippen LogP contribution is -2.31. The van der Waals surface area contributed by atoms with Gasteiger partial charge >= 0.3 is 0 Å². The zero-order chi connectivity index (χ0) is 14.3. The molecule has 2 N–H and O–H groups in total. The van der Waals surface area contributed by atoms with Gasteiger partial charge in [-0.3, -0.25) is 0 Å². The van der Waals surface area contributed by atoms with Gasteiger partial charge in [-0.1, -0.05) is 11.8 Å². The molecule has 0 spiro atoms. The van der Waals surface area contributed by atoms with E-state index in [1.807, 2.05) is 12.3 Å². The summed E-state index contributed by atoms with van der Waals surface area (Å²) in [7, 11) is 2.13. The molecule has 0 bridgehead atoms. The first kappa shape index (κ1) is 16.0. The van der Waals surface area contributed by atoms with Crippen molar-refractivity contribution in [2.75, 3.05) is 43.6 Å². The van der Waals surface area contributed by atoms with Gasteiger partial charge in [0.2, 0.25) is 0 Å². The summed E-state index contributed by atoms with van der Waals surface area (Å²) in [6.45, 7) is 9.18. The molecule has 6 heteroatoms. The third-order valence-electron chi connectivity index (χ3n) is 2.90. The van der Waals surface area contributed by atoms with Crippen LogP contribution in [-0.2, 0) is 0 Å². The summed E-state index contributed by atoms with van der Waals surface area (Å²) in [5.41, 5.74) is 0. The molecule has 1 heterocycles. The van der Waals surface area contributed by atoms with E-state index in [0.717, 1.165) is 36.4 Å². The molecular weight excluding hydrogens is 258 g/mol. The van der Waals surface area contributed by atoms with Crippen molar-refractivity contribution >= 4 is 23.4 Å². The largest absolute Gasteiger partial charge is 0.370 e. The minimum absolute atomic E-state index is 0.561. The van der Waals surface area contributed by atoms with E-state index in [1.165, 1.54) is 0 Å². The molecule has 1 rings (SSSR count). The number of likely N-dealkylation sites (N-methyl/N-ethyl adjacent to an activating group) is 1. The SMILES string of the molecule is CCNc1cc(NCCN(C)C(C)C)nc(SC)n1. The van der Waals surface area contributed by atoms with Gasteiger partial charge in [-0.05, 0) is 34.1 Å². The number of thioether (sulfide) groups is 1. The van der Waals surface area contributed by atoms with Crippen molar-refractivity contribution in [3.63, 3.8) is 0 Å². The number of anilines is 2. The molecule has 0 aliphatic heterocycles. The first-order chi connectivity index (χ1) is 9.06. The van der Waals surface area contributed by atoms with Crippen molar-refractivity contribution in [3.05, 3.63) is 6.07 Å². The van der Waals surface area contributed by atoms with Crippen LogP contribution in [0.4, 0.5) is 11.6 Å². The van der Waals surface area contributed by atoms with Crippen LogP contribution in [0.5, 0.6) is 0 Å². The first-order valence-corrected chi connectivity index (χ1v) is 7.90. The molecule has 0 saturated carbocycles. The minimum atomic E-state index is 0.561. The van der Waals surface area contributed by atoms with E-state index >= 15 is 0 Å². The lowest BCUT2D eigenvalue weighted by molar-refractivity contribution is 0.284. The van der Waals surface area contributed by atoms with Crippen molar-refractivity contribution in [2.24, 2.45) is 0 Å². The van der Waals surface area contributed by atoms with Crippen molar-refractivity contribution in [1.82, 2.24) is 14.9 Å².